The molecule has 1 heterocycles. The second kappa shape index (κ2) is 6.25. The van der Waals surface area contributed by atoms with Crippen molar-refractivity contribution < 1.29 is 8.42 Å². The van der Waals surface area contributed by atoms with Gasteiger partial charge in [0.1, 0.15) is 9.84 Å². The summed E-state index contributed by atoms with van der Waals surface area (Å²) in [6.07, 6.45) is 1.28. The van der Waals surface area contributed by atoms with Gasteiger partial charge in [0.15, 0.2) is 0 Å². The highest BCUT2D eigenvalue weighted by Gasteiger charge is 2.13. The fraction of sp³-hybridized carbons (Fsp3) is 1.00. The average molecular weight is 255 g/mol. The minimum absolute atomic E-state index is 0.248. The third-order valence-corrected chi connectivity index (χ3v) is 5.70. The van der Waals surface area contributed by atoms with Crippen LogP contribution in [0.5, 0.6) is 0 Å². The summed E-state index contributed by atoms with van der Waals surface area (Å²) in [4.78, 5) is 0. The van der Waals surface area contributed by atoms with E-state index < -0.39 is 9.84 Å². The van der Waals surface area contributed by atoms with E-state index in [4.69, 9.17) is 0 Å². The van der Waals surface area contributed by atoms with E-state index in [1.165, 1.54) is 23.5 Å². The van der Waals surface area contributed by atoms with Crippen LogP contribution in [0.2, 0.25) is 0 Å². The van der Waals surface area contributed by atoms with Crippen molar-refractivity contribution in [3.63, 3.8) is 0 Å². The smallest absolute Gasteiger partial charge is 0.148 e. The first-order valence-corrected chi connectivity index (χ1v) is 8.92. The van der Waals surface area contributed by atoms with Gasteiger partial charge in [0.25, 0.3) is 0 Å². The van der Waals surface area contributed by atoms with Gasteiger partial charge in [-0.25, -0.2) is 8.42 Å². The van der Waals surface area contributed by atoms with E-state index in [0.717, 1.165) is 6.54 Å². The summed E-state index contributed by atoms with van der Waals surface area (Å²) in [5, 5.41) is 3.86. The van der Waals surface area contributed by atoms with Crippen LogP contribution >= 0.6 is 23.5 Å². The Morgan fingerprint density at radius 3 is 2.79 bits per heavy atom. The first-order valence-electron chi connectivity index (χ1n) is 4.66. The van der Waals surface area contributed by atoms with E-state index in [-0.39, 0.29) is 5.75 Å². The molecule has 1 saturated heterocycles. The maximum absolute atomic E-state index is 10.8. The SMILES string of the molecule is CS(=O)(=O)CCNCC1CSCCS1. The normalized spacial score (nSPS) is 23.6. The first-order chi connectivity index (χ1) is 6.58. The minimum Gasteiger partial charge on any atom is -0.315 e. The van der Waals surface area contributed by atoms with Crippen molar-refractivity contribution in [2.75, 3.05) is 42.4 Å². The van der Waals surface area contributed by atoms with E-state index in [1.54, 1.807) is 0 Å². The second-order valence-corrected chi connectivity index (χ2v) is 8.22. The molecule has 0 aromatic carbocycles. The van der Waals surface area contributed by atoms with Crippen molar-refractivity contribution in [2.45, 2.75) is 5.25 Å². The lowest BCUT2D eigenvalue weighted by Gasteiger charge is -2.20. The van der Waals surface area contributed by atoms with E-state index in [0.29, 0.717) is 11.8 Å². The quantitative estimate of drug-likeness (QED) is 0.724. The van der Waals surface area contributed by atoms with E-state index >= 15 is 0 Å². The number of rotatable bonds is 5. The molecule has 0 aromatic rings. The zero-order valence-corrected chi connectivity index (χ0v) is 10.8. The number of hydrogen-bond acceptors (Lipinski definition) is 5. The van der Waals surface area contributed by atoms with Crippen LogP contribution in [0.15, 0.2) is 0 Å². The predicted octanol–water partition coefficient (Wildman–Crippen LogP) is 0.469. The molecule has 0 saturated carbocycles. The molecule has 0 radical (unpaired) electrons. The van der Waals surface area contributed by atoms with Gasteiger partial charge in [-0.15, -0.1) is 0 Å². The summed E-state index contributed by atoms with van der Waals surface area (Å²) < 4.78 is 21.7. The average Bonchev–Trinajstić information content (AvgIpc) is 2.13. The van der Waals surface area contributed by atoms with Gasteiger partial charge >= 0.3 is 0 Å². The molecule has 1 aliphatic rings. The van der Waals surface area contributed by atoms with E-state index in [2.05, 4.69) is 5.32 Å². The number of sulfone groups is 1. The highest BCUT2D eigenvalue weighted by molar-refractivity contribution is 8.06. The summed E-state index contributed by atoms with van der Waals surface area (Å²) in [6, 6.07) is 0. The molecule has 0 bridgehead atoms. The zero-order chi connectivity index (χ0) is 10.4. The van der Waals surface area contributed by atoms with E-state index in [1.807, 2.05) is 23.5 Å². The molecule has 0 spiro atoms. The lowest BCUT2D eigenvalue weighted by Crippen LogP contribution is -2.32. The molecule has 1 fully saturated rings. The van der Waals surface area contributed by atoms with Crippen LogP contribution in [0.4, 0.5) is 0 Å². The summed E-state index contributed by atoms with van der Waals surface area (Å²) >= 11 is 3.98. The number of nitrogens with one attached hydrogen (secondary N) is 1. The highest BCUT2D eigenvalue weighted by atomic mass is 32.2. The summed E-state index contributed by atoms with van der Waals surface area (Å²) in [5.41, 5.74) is 0. The van der Waals surface area contributed by atoms with E-state index in [9.17, 15) is 8.42 Å². The molecular weight excluding hydrogens is 238 g/mol. The van der Waals surface area contributed by atoms with Gasteiger partial charge in [0.05, 0.1) is 5.75 Å². The highest BCUT2D eigenvalue weighted by Crippen LogP contribution is 2.23. The topological polar surface area (TPSA) is 46.2 Å². The molecule has 14 heavy (non-hydrogen) atoms. The molecule has 1 unspecified atom stereocenters. The molecule has 84 valence electrons. The summed E-state index contributed by atoms with van der Waals surface area (Å²) in [6.45, 7) is 1.52. The molecule has 0 amide bonds. The van der Waals surface area contributed by atoms with Gasteiger partial charge in [-0.05, 0) is 0 Å². The van der Waals surface area contributed by atoms with Gasteiger partial charge in [0, 0.05) is 41.9 Å². The molecule has 0 aromatic heterocycles. The third-order valence-electron chi connectivity index (χ3n) is 1.91. The first kappa shape index (κ1) is 12.7. The van der Waals surface area contributed by atoms with Crippen LogP contribution in [-0.4, -0.2) is 56.0 Å². The fourth-order valence-corrected chi connectivity index (χ4v) is 4.34. The Morgan fingerprint density at radius 2 is 2.21 bits per heavy atom. The standard InChI is InChI=1S/C8H17NO2S3/c1-14(10,11)5-2-9-6-8-7-12-3-4-13-8/h8-9H,2-7H2,1H3. The second-order valence-electron chi connectivity index (χ2n) is 3.40. The Balaban J connectivity index is 2.03. The Bertz CT molecular complexity index is 247. The van der Waals surface area contributed by atoms with Gasteiger partial charge in [-0.2, -0.15) is 23.5 Å². The lowest BCUT2D eigenvalue weighted by molar-refractivity contribution is 0.596. The predicted molar refractivity (Wildman–Crippen MR) is 66.2 cm³/mol. The van der Waals surface area contributed by atoms with Crippen LogP contribution in [0.1, 0.15) is 0 Å². The maximum Gasteiger partial charge on any atom is 0.148 e. The van der Waals surface area contributed by atoms with Crippen LogP contribution in [0.3, 0.4) is 0 Å². The molecule has 1 aliphatic heterocycles. The maximum atomic E-state index is 10.8. The molecule has 1 atom stereocenters. The monoisotopic (exact) mass is 255 g/mol. The van der Waals surface area contributed by atoms with Gasteiger partial charge in [-0.3, -0.25) is 0 Å². The third kappa shape index (κ3) is 6.16. The Morgan fingerprint density at radius 1 is 1.43 bits per heavy atom. The molecule has 1 rings (SSSR count). The molecular formula is C8H17NO2S3. The minimum atomic E-state index is -2.80. The van der Waals surface area contributed by atoms with Crippen molar-refractivity contribution in [1.82, 2.24) is 5.32 Å². The summed E-state index contributed by atoms with van der Waals surface area (Å²) in [7, 11) is -2.80. The summed E-state index contributed by atoms with van der Waals surface area (Å²) in [5.74, 6) is 3.92. The van der Waals surface area contributed by atoms with Gasteiger partial charge < -0.3 is 5.32 Å². The Labute approximate surface area is 94.7 Å². The van der Waals surface area contributed by atoms with Crippen molar-refractivity contribution in [1.29, 1.82) is 0 Å². The number of hydrogen-bond donors (Lipinski definition) is 1. The largest absolute Gasteiger partial charge is 0.315 e. The van der Waals surface area contributed by atoms with Crippen LogP contribution < -0.4 is 5.32 Å². The fourth-order valence-electron chi connectivity index (χ4n) is 1.18. The van der Waals surface area contributed by atoms with Crippen LogP contribution in [0, 0.1) is 0 Å². The van der Waals surface area contributed by atoms with Crippen molar-refractivity contribution in [3.05, 3.63) is 0 Å². The number of thioether (sulfide) groups is 2. The molecule has 1 N–H and O–H groups in total. The molecule has 6 heteroatoms. The van der Waals surface area contributed by atoms with Crippen molar-refractivity contribution >= 4 is 33.4 Å². The van der Waals surface area contributed by atoms with Crippen molar-refractivity contribution in [2.24, 2.45) is 0 Å². The van der Waals surface area contributed by atoms with Crippen LogP contribution in [-0.2, 0) is 9.84 Å². The molecule has 0 aliphatic carbocycles. The Kier molecular flexibility index (Phi) is 5.66. The Hall–Kier alpha value is 0.610. The van der Waals surface area contributed by atoms with Crippen molar-refractivity contribution in [3.8, 4) is 0 Å². The lowest BCUT2D eigenvalue weighted by atomic mass is 10.4. The zero-order valence-electron chi connectivity index (χ0n) is 8.36. The van der Waals surface area contributed by atoms with Gasteiger partial charge in [-0.1, -0.05) is 0 Å². The van der Waals surface area contributed by atoms with Gasteiger partial charge in [0.2, 0.25) is 0 Å². The molecule has 3 nitrogen and oxygen atoms in total. The van der Waals surface area contributed by atoms with Crippen LogP contribution in [0.25, 0.3) is 0 Å².